The number of rotatable bonds is 5. The van der Waals surface area contributed by atoms with Crippen molar-refractivity contribution >= 4 is 102 Å². The van der Waals surface area contributed by atoms with Crippen LogP contribution in [0.4, 0.5) is 5.69 Å². The third-order valence-corrected chi connectivity index (χ3v) is 14.1. The third kappa shape index (κ3) is 5.09. The van der Waals surface area contributed by atoms with Gasteiger partial charge in [0.05, 0.1) is 70.8 Å². The van der Waals surface area contributed by atoms with Crippen molar-refractivity contribution in [3.05, 3.63) is 223 Å². The predicted molar refractivity (Wildman–Crippen MR) is 281 cm³/mol. The number of nitrogens with zero attached hydrogens (tertiary/aromatic N) is 4. The molecule has 0 aliphatic heterocycles. The van der Waals surface area contributed by atoms with Crippen molar-refractivity contribution in [1.29, 1.82) is 5.26 Å². The van der Waals surface area contributed by atoms with Crippen LogP contribution < -0.4 is 0 Å². The minimum absolute atomic E-state index is 0.00949. The first-order valence-corrected chi connectivity index (χ1v) is 22.0. The first kappa shape index (κ1) is 25.5. The van der Waals surface area contributed by atoms with Gasteiger partial charge in [-0.05, 0) is 68.0 Å². The van der Waals surface area contributed by atoms with Gasteiger partial charge in [-0.15, -0.1) is 11.3 Å². The second-order valence-electron chi connectivity index (χ2n) is 16.1. The maximum Gasteiger partial charge on any atom is 0.220 e. The van der Waals surface area contributed by atoms with Crippen LogP contribution in [0, 0.1) is 17.9 Å². The Morgan fingerprint density at radius 2 is 1.09 bits per heavy atom. The second kappa shape index (κ2) is 14.2. The van der Waals surface area contributed by atoms with Crippen molar-refractivity contribution in [2.24, 2.45) is 0 Å². The van der Waals surface area contributed by atoms with E-state index in [1.54, 1.807) is 78.9 Å². The van der Waals surface area contributed by atoms with Crippen LogP contribution in [0.25, 0.3) is 135 Å². The van der Waals surface area contributed by atoms with Gasteiger partial charge in [0.1, 0.15) is 6.07 Å². The van der Waals surface area contributed by atoms with Gasteiger partial charge < -0.3 is 9.13 Å². The zero-order chi connectivity index (χ0) is 57.4. The van der Waals surface area contributed by atoms with E-state index in [1.165, 1.54) is 15.9 Å². The SMILES string of the molecule is [2H]c1c([2H])c([2H])c(-c2cccc3c2c2ccc4c5ccccc5sc4c2n3-c2c(C#N)c(-c3ccccc3)c([N+]#[C-])c(-n3c4c([2H])c([2H])c([2H])c5c6c([2H])c([2H])c([2H])c([2H])c6c6c([2H])c([2H])c([2H])c3c6c54)c2-c2ccccc2)c([2H])c1[2H]. The molecule has 11 aromatic carbocycles. The zero-order valence-corrected chi connectivity index (χ0v) is 35.5. The Morgan fingerprint density at radius 1 is 0.478 bits per heavy atom. The summed E-state index contributed by atoms with van der Waals surface area (Å²) in [5.41, 5.74) is 1.79. The Labute approximate surface area is 409 Å². The molecule has 3 aromatic heterocycles. The molecule has 14 aromatic rings. The summed E-state index contributed by atoms with van der Waals surface area (Å²) in [7, 11) is 0. The van der Waals surface area contributed by atoms with E-state index in [0.717, 1.165) is 20.2 Å². The summed E-state index contributed by atoms with van der Waals surface area (Å²) in [4.78, 5) is 4.30. The molecular weight excluding hydrogens is 833 g/mol. The summed E-state index contributed by atoms with van der Waals surface area (Å²) in [6.07, 6.45) is 0. The summed E-state index contributed by atoms with van der Waals surface area (Å²) < 4.78 is 144. The maximum atomic E-state index is 12.2. The largest absolute Gasteiger partial charge is 0.318 e. The van der Waals surface area contributed by atoms with E-state index in [1.807, 2.05) is 41.0 Å². The Hall–Kier alpha value is -9.00. The van der Waals surface area contributed by atoms with Crippen molar-refractivity contribution < 1.29 is 20.6 Å². The van der Waals surface area contributed by atoms with Gasteiger partial charge in [0.2, 0.25) is 5.69 Å². The molecule has 0 bridgehead atoms. The quantitative estimate of drug-likeness (QED) is 0.125. The summed E-state index contributed by atoms with van der Waals surface area (Å²) >= 11 is 1.48. The van der Waals surface area contributed by atoms with Crippen LogP contribution in [0.1, 0.15) is 26.1 Å². The molecule has 0 aliphatic rings. The molecule has 67 heavy (non-hydrogen) atoms. The number of benzene rings is 11. The molecule has 0 saturated carbocycles. The zero-order valence-electron chi connectivity index (χ0n) is 49.7. The van der Waals surface area contributed by atoms with Gasteiger partial charge in [-0.1, -0.05) is 182 Å². The smallest absolute Gasteiger partial charge is 0.220 e. The number of nitriles is 1. The van der Waals surface area contributed by atoms with Crippen molar-refractivity contribution in [2.75, 3.05) is 0 Å². The molecule has 0 unspecified atom stereocenters. The standard InChI is InChI=1S/C62H34N4S/c1-64-58-53(38-20-7-3-8-21-38)48(36-63)59(66-49-30-15-27-40(37-18-5-2-6-19-37)55(49)47-35-34-46-43-26-13-14-33-52(43)67-62(46)60(47)66)54(39-22-9-4-10-23-39)61(58)65-50-31-16-28-44-41-24-11-12-25-42(41)45-29-17-32-51(65)57(45)56(44)50/h2-35H/i2D,5D,6D,11D,12D,16D,17D,18D,19D,24D,25D,28D,29D,31D,32D. The monoisotopic (exact) mass is 881 g/mol. The molecule has 0 saturated heterocycles. The highest BCUT2D eigenvalue weighted by molar-refractivity contribution is 7.26. The average Bonchev–Trinajstić information content (AvgIpc) is 1.80. The van der Waals surface area contributed by atoms with Gasteiger partial charge in [-0.25, -0.2) is 4.85 Å². The molecule has 0 aliphatic carbocycles. The van der Waals surface area contributed by atoms with Gasteiger partial charge in [-0.3, -0.25) is 0 Å². The Morgan fingerprint density at radius 3 is 1.76 bits per heavy atom. The van der Waals surface area contributed by atoms with Gasteiger partial charge in [-0.2, -0.15) is 5.26 Å². The summed E-state index contributed by atoms with van der Waals surface area (Å²) in [5, 5.41) is 14.2. The lowest BCUT2D eigenvalue weighted by atomic mass is 9.88. The van der Waals surface area contributed by atoms with E-state index in [2.05, 4.69) is 10.9 Å². The van der Waals surface area contributed by atoms with Crippen molar-refractivity contribution in [3.8, 4) is 50.8 Å². The lowest BCUT2D eigenvalue weighted by Gasteiger charge is -2.26. The Balaban J connectivity index is 1.33. The van der Waals surface area contributed by atoms with Crippen LogP contribution in [-0.4, -0.2) is 9.13 Å². The van der Waals surface area contributed by atoms with E-state index in [4.69, 9.17) is 6.85 Å². The van der Waals surface area contributed by atoms with Gasteiger partial charge in [0.25, 0.3) is 0 Å². The molecule has 0 fully saturated rings. The normalized spacial score (nSPS) is 15.0. The molecule has 14 rings (SSSR count). The number of hydrogen-bond donors (Lipinski definition) is 0. The fraction of sp³-hybridized carbons (Fsp3) is 0. The highest BCUT2D eigenvalue weighted by atomic mass is 32.1. The Bertz CT molecular complexity index is 5220. The van der Waals surface area contributed by atoms with Crippen LogP contribution >= 0.6 is 11.3 Å². The minimum atomic E-state index is -0.661. The van der Waals surface area contributed by atoms with Crippen LogP contribution in [0.3, 0.4) is 0 Å². The second-order valence-corrected chi connectivity index (χ2v) is 17.2. The van der Waals surface area contributed by atoms with E-state index < -0.39 is 90.6 Å². The maximum absolute atomic E-state index is 12.2. The molecule has 4 nitrogen and oxygen atoms in total. The minimum Gasteiger partial charge on any atom is -0.318 e. The fourth-order valence-electron chi connectivity index (χ4n) is 10.3. The van der Waals surface area contributed by atoms with E-state index in [9.17, 15) is 25.5 Å². The Kier molecular flexibility index (Phi) is 5.42. The van der Waals surface area contributed by atoms with E-state index >= 15 is 0 Å². The van der Waals surface area contributed by atoms with Crippen LogP contribution in [0.2, 0.25) is 0 Å². The van der Waals surface area contributed by atoms with Crippen LogP contribution in [0.15, 0.2) is 206 Å². The van der Waals surface area contributed by atoms with Crippen LogP contribution in [0.5, 0.6) is 0 Å². The molecule has 308 valence electrons. The fourth-order valence-corrected chi connectivity index (χ4v) is 11.5. The van der Waals surface area contributed by atoms with Crippen molar-refractivity contribution in [1.82, 2.24) is 9.13 Å². The van der Waals surface area contributed by atoms with Gasteiger partial charge >= 0.3 is 0 Å². The highest BCUT2D eigenvalue weighted by Gasteiger charge is 2.33. The third-order valence-electron chi connectivity index (χ3n) is 12.9. The lowest BCUT2D eigenvalue weighted by Crippen LogP contribution is -2.08. The molecule has 0 spiro atoms. The summed E-state index contributed by atoms with van der Waals surface area (Å²) in [5.74, 6) is 0. The number of hydrogen-bond acceptors (Lipinski definition) is 2. The molecule has 0 atom stereocenters. The molecule has 5 heteroatoms. The van der Waals surface area contributed by atoms with Gasteiger partial charge in [0.15, 0.2) is 0 Å². The first-order valence-electron chi connectivity index (χ1n) is 28.7. The molecule has 3 heterocycles. The molecule has 0 radical (unpaired) electrons. The molecule has 0 N–H and O–H groups in total. The summed E-state index contributed by atoms with van der Waals surface area (Å²) in [6, 6.07) is 28.4. The van der Waals surface area contributed by atoms with Crippen LogP contribution in [-0.2, 0) is 0 Å². The molecular formula is C62H34N4S. The van der Waals surface area contributed by atoms with E-state index in [-0.39, 0.29) is 88.2 Å². The van der Waals surface area contributed by atoms with E-state index in [0.29, 0.717) is 32.9 Å². The number of thiophene rings is 1. The predicted octanol–water partition coefficient (Wildman–Crippen LogP) is 17.4. The van der Waals surface area contributed by atoms with Crippen molar-refractivity contribution in [2.45, 2.75) is 0 Å². The highest BCUT2D eigenvalue weighted by Crippen LogP contribution is 2.55. The number of aromatic nitrogens is 2. The summed E-state index contributed by atoms with van der Waals surface area (Å²) in [6.45, 7) is 9.38. The number of fused-ring (bicyclic) bond motifs is 10. The van der Waals surface area contributed by atoms with Gasteiger partial charge in [0, 0.05) is 48.1 Å². The van der Waals surface area contributed by atoms with Crippen molar-refractivity contribution in [3.63, 3.8) is 0 Å². The molecule has 0 amide bonds. The lowest BCUT2D eigenvalue weighted by molar-refractivity contribution is 1.14. The average molecular weight is 882 g/mol. The first-order chi connectivity index (χ1) is 39.5. The topological polar surface area (TPSA) is 38.0 Å².